The first-order valence-electron chi connectivity index (χ1n) is 6.54. The van der Waals surface area contributed by atoms with Gasteiger partial charge in [-0.1, -0.05) is 35.9 Å². The van der Waals surface area contributed by atoms with Crippen molar-refractivity contribution < 1.29 is 9.18 Å². The summed E-state index contributed by atoms with van der Waals surface area (Å²) in [5.41, 5.74) is 1.70. The van der Waals surface area contributed by atoms with Crippen LogP contribution in [0.3, 0.4) is 0 Å². The van der Waals surface area contributed by atoms with E-state index < -0.39 is 0 Å². The minimum atomic E-state index is -0.293. The Bertz CT molecular complexity index is 652. The molecule has 2 nitrogen and oxygen atoms in total. The monoisotopic (exact) mass is 303 g/mol. The second-order valence-electron chi connectivity index (χ2n) is 4.67. The second-order valence-corrected chi connectivity index (χ2v) is 5.11. The number of carbonyl (C=O) groups excluding carboxylic acids is 1. The summed E-state index contributed by atoms with van der Waals surface area (Å²) < 4.78 is 12.8. The van der Waals surface area contributed by atoms with Crippen molar-refractivity contribution in [2.45, 2.75) is 13.0 Å². The van der Waals surface area contributed by atoms with E-state index in [-0.39, 0.29) is 17.8 Å². The third kappa shape index (κ3) is 4.72. The third-order valence-electron chi connectivity index (χ3n) is 3.00. The van der Waals surface area contributed by atoms with E-state index in [1.807, 2.05) is 19.1 Å². The quantitative estimate of drug-likeness (QED) is 0.835. The van der Waals surface area contributed by atoms with Gasteiger partial charge in [0.2, 0.25) is 5.91 Å². The van der Waals surface area contributed by atoms with Crippen LogP contribution in [0.2, 0.25) is 5.02 Å². The summed E-state index contributed by atoms with van der Waals surface area (Å²) >= 11 is 5.87. The van der Waals surface area contributed by atoms with E-state index in [0.29, 0.717) is 5.02 Å². The van der Waals surface area contributed by atoms with Crippen LogP contribution in [0.4, 0.5) is 4.39 Å². The summed E-state index contributed by atoms with van der Waals surface area (Å²) in [6.07, 6.45) is 3.14. The van der Waals surface area contributed by atoms with Gasteiger partial charge in [0.1, 0.15) is 5.82 Å². The van der Waals surface area contributed by atoms with Crippen LogP contribution in [0.1, 0.15) is 24.1 Å². The van der Waals surface area contributed by atoms with Gasteiger partial charge in [-0.15, -0.1) is 0 Å². The zero-order valence-electron chi connectivity index (χ0n) is 11.5. The highest BCUT2D eigenvalue weighted by molar-refractivity contribution is 6.30. The van der Waals surface area contributed by atoms with Crippen molar-refractivity contribution >= 4 is 23.6 Å². The van der Waals surface area contributed by atoms with Crippen LogP contribution in [0.5, 0.6) is 0 Å². The maximum absolute atomic E-state index is 12.8. The Kier molecular flexibility index (Phi) is 5.12. The molecular weight excluding hydrogens is 289 g/mol. The van der Waals surface area contributed by atoms with Crippen LogP contribution in [0, 0.1) is 5.82 Å². The molecule has 0 bridgehead atoms. The fraction of sp³-hybridized carbons (Fsp3) is 0.118. The summed E-state index contributed by atoms with van der Waals surface area (Å²) in [6.45, 7) is 1.85. The van der Waals surface area contributed by atoms with Gasteiger partial charge in [0, 0.05) is 11.1 Å². The standard InChI is InChI=1S/C17H15ClFNO/c1-12(14-6-8-16(19)9-7-14)20-17(21)10-5-13-3-2-4-15(18)11-13/h2-12H,1H3,(H,20,21)/b10-5+/t12-/m0/s1. The molecule has 0 aliphatic carbocycles. The maximum Gasteiger partial charge on any atom is 0.244 e. The van der Waals surface area contributed by atoms with Crippen LogP contribution in [-0.2, 0) is 4.79 Å². The first kappa shape index (κ1) is 15.3. The van der Waals surface area contributed by atoms with Crippen LogP contribution < -0.4 is 5.32 Å². The minimum absolute atomic E-state index is 0.192. The lowest BCUT2D eigenvalue weighted by molar-refractivity contribution is -0.117. The lowest BCUT2D eigenvalue weighted by Gasteiger charge is -2.12. The molecule has 108 valence electrons. The fourth-order valence-electron chi connectivity index (χ4n) is 1.88. The molecule has 0 aliphatic heterocycles. The average molecular weight is 304 g/mol. The van der Waals surface area contributed by atoms with E-state index in [0.717, 1.165) is 11.1 Å². The van der Waals surface area contributed by atoms with Crippen molar-refractivity contribution in [1.29, 1.82) is 0 Å². The summed E-state index contributed by atoms with van der Waals surface area (Å²) in [5, 5.41) is 3.44. The van der Waals surface area contributed by atoms with Gasteiger partial charge < -0.3 is 5.32 Å². The fourth-order valence-corrected chi connectivity index (χ4v) is 2.08. The normalized spacial score (nSPS) is 12.3. The smallest absolute Gasteiger partial charge is 0.244 e. The van der Waals surface area contributed by atoms with Crippen LogP contribution in [-0.4, -0.2) is 5.91 Å². The highest BCUT2D eigenvalue weighted by Crippen LogP contribution is 2.14. The Balaban J connectivity index is 1.96. The molecule has 2 aromatic rings. The molecule has 0 fully saturated rings. The molecule has 1 N–H and O–H groups in total. The Morgan fingerprint density at radius 1 is 1.24 bits per heavy atom. The third-order valence-corrected chi connectivity index (χ3v) is 3.24. The van der Waals surface area contributed by atoms with Gasteiger partial charge in [0.15, 0.2) is 0 Å². The molecule has 0 aromatic heterocycles. The number of nitrogens with one attached hydrogen (secondary N) is 1. The Morgan fingerprint density at radius 2 is 1.95 bits per heavy atom. The molecule has 0 saturated carbocycles. The lowest BCUT2D eigenvalue weighted by atomic mass is 10.1. The highest BCUT2D eigenvalue weighted by atomic mass is 35.5. The molecule has 1 atom stereocenters. The van der Waals surface area contributed by atoms with Gasteiger partial charge in [-0.2, -0.15) is 0 Å². The van der Waals surface area contributed by atoms with Gasteiger partial charge in [0.25, 0.3) is 0 Å². The highest BCUT2D eigenvalue weighted by Gasteiger charge is 2.07. The molecule has 1 amide bonds. The first-order valence-corrected chi connectivity index (χ1v) is 6.92. The van der Waals surface area contributed by atoms with E-state index in [4.69, 9.17) is 11.6 Å². The molecule has 4 heteroatoms. The predicted molar refractivity (Wildman–Crippen MR) is 83.4 cm³/mol. The van der Waals surface area contributed by atoms with E-state index in [1.165, 1.54) is 18.2 Å². The van der Waals surface area contributed by atoms with E-state index in [9.17, 15) is 9.18 Å². The molecular formula is C17H15ClFNO. The Morgan fingerprint density at radius 3 is 2.62 bits per heavy atom. The predicted octanol–water partition coefficient (Wildman–Crippen LogP) is 4.37. The number of halogens is 2. The van der Waals surface area contributed by atoms with Crippen LogP contribution in [0.15, 0.2) is 54.6 Å². The Hall–Kier alpha value is -2.13. The van der Waals surface area contributed by atoms with E-state index in [2.05, 4.69) is 5.32 Å². The zero-order valence-corrected chi connectivity index (χ0v) is 12.3. The molecule has 0 radical (unpaired) electrons. The van der Waals surface area contributed by atoms with Gasteiger partial charge in [0.05, 0.1) is 6.04 Å². The van der Waals surface area contributed by atoms with Crippen LogP contribution >= 0.6 is 11.6 Å². The first-order chi connectivity index (χ1) is 10.0. The summed E-state index contributed by atoms with van der Waals surface area (Å²) in [6, 6.07) is 13.1. The van der Waals surface area contributed by atoms with Gasteiger partial charge >= 0.3 is 0 Å². The molecule has 0 saturated heterocycles. The van der Waals surface area contributed by atoms with E-state index in [1.54, 1.807) is 30.3 Å². The topological polar surface area (TPSA) is 29.1 Å². The van der Waals surface area contributed by atoms with E-state index >= 15 is 0 Å². The maximum atomic E-state index is 12.8. The van der Waals surface area contributed by atoms with Crippen molar-refractivity contribution in [2.24, 2.45) is 0 Å². The van der Waals surface area contributed by atoms with Gasteiger partial charge in [-0.25, -0.2) is 4.39 Å². The number of hydrogen-bond donors (Lipinski definition) is 1. The van der Waals surface area contributed by atoms with Crippen molar-refractivity contribution in [1.82, 2.24) is 5.32 Å². The van der Waals surface area contributed by atoms with Gasteiger partial charge in [-0.3, -0.25) is 4.79 Å². The average Bonchev–Trinajstić information content (AvgIpc) is 2.46. The second kappa shape index (κ2) is 7.04. The Labute approximate surface area is 128 Å². The SMILES string of the molecule is C[C@H](NC(=O)/C=C/c1cccc(Cl)c1)c1ccc(F)cc1. The summed E-state index contributed by atoms with van der Waals surface area (Å²) in [7, 11) is 0. The number of hydrogen-bond acceptors (Lipinski definition) is 1. The van der Waals surface area contributed by atoms with Crippen molar-refractivity contribution in [2.75, 3.05) is 0 Å². The molecule has 0 unspecified atom stereocenters. The van der Waals surface area contributed by atoms with Crippen molar-refractivity contribution in [3.63, 3.8) is 0 Å². The number of carbonyl (C=O) groups is 1. The van der Waals surface area contributed by atoms with Crippen LogP contribution in [0.25, 0.3) is 6.08 Å². The van der Waals surface area contributed by atoms with Gasteiger partial charge in [-0.05, 0) is 48.4 Å². The molecule has 0 aliphatic rings. The minimum Gasteiger partial charge on any atom is -0.346 e. The van der Waals surface area contributed by atoms with Crippen molar-refractivity contribution in [3.05, 3.63) is 76.6 Å². The largest absolute Gasteiger partial charge is 0.346 e. The van der Waals surface area contributed by atoms with Crippen molar-refractivity contribution in [3.8, 4) is 0 Å². The number of benzene rings is 2. The summed E-state index contributed by atoms with van der Waals surface area (Å²) in [5.74, 6) is -0.509. The molecule has 0 heterocycles. The lowest BCUT2D eigenvalue weighted by Crippen LogP contribution is -2.24. The molecule has 2 aromatic carbocycles. The zero-order chi connectivity index (χ0) is 15.2. The number of amides is 1. The summed E-state index contributed by atoms with van der Waals surface area (Å²) in [4.78, 5) is 11.8. The molecule has 21 heavy (non-hydrogen) atoms. The number of rotatable bonds is 4. The molecule has 0 spiro atoms. The molecule has 2 rings (SSSR count).